The van der Waals surface area contributed by atoms with E-state index in [1.54, 1.807) is 17.1 Å². The third-order valence-corrected chi connectivity index (χ3v) is 5.83. The maximum Gasteiger partial charge on any atom is 0.257 e. The first-order valence-corrected chi connectivity index (χ1v) is 9.51. The zero-order chi connectivity index (χ0) is 17.2. The number of likely N-dealkylation sites (tertiary alicyclic amines) is 1. The average Bonchev–Trinajstić information content (AvgIpc) is 3.30. The molecule has 1 aromatic heterocycles. The van der Waals surface area contributed by atoms with Gasteiger partial charge in [0, 0.05) is 38.4 Å². The standard InChI is InChI=1S/C18H27N5O2.ClH/c24-17(21-16-4-2-1-3-5-16)12-23-11-15(8-20-23)18(25)22-9-13-6-19-7-14(13)10-22;/h8,11,13-14,16,19H,1-7,9-10,12H2,(H,21,24);1H/t13-,14+;. The Morgan fingerprint density at radius 2 is 1.85 bits per heavy atom. The van der Waals surface area contributed by atoms with Crippen molar-refractivity contribution in [1.29, 1.82) is 0 Å². The van der Waals surface area contributed by atoms with Gasteiger partial charge in [-0.2, -0.15) is 5.10 Å². The first-order chi connectivity index (χ1) is 12.2. The van der Waals surface area contributed by atoms with Crippen LogP contribution in [0, 0.1) is 11.8 Å². The van der Waals surface area contributed by atoms with E-state index in [4.69, 9.17) is 0 Å². The first kappa shape index (κ1) is 19.2. The highest BCUT2D eigenvalue weighted by Crippen LogP contribution is 2.27. The summed E-state index contributed by atoms with van der Waals surface area (Å²) in [5, 5.41) is 10.7. The number of nitrogens with zero attached hydrogens (tertiary/aromatic N) is 3. The molecule has 2 amide bonds. The fourth-order valence-electron chi connectivity index (χ4n) is 4.43. The number of carbonyl (C=O) groups is 2. The quantitative estimate of drug-likeness (QED) is 0.817. The lowest BCUT2D eigenvalue weighted by atomic mass is 9.95. The van der Waals surface area contributed by atoms with Gasteiger partial charge in [-0.1, -0.05) is 19.3 Å². The highest BCUT2D eigenvalue weighted by Gasteiger charge is 2.38. The highest BCUT2D eigenvalue weighted by atomic mass is 35.5. The normalized spacial score (nSPS) is 25.6. The molecular formula is C18H28ClN5O2. The van der Waals surface area contributed by atoms with Gasteiger partial charge < -0.3 is 15.5 Å². The second kappa shape index (κ2) is 8.39. The fraction of sp³-hybridized carbons (Fsp3) is 0.722. The second-order valence-corrected chi connectivity index (χ2v) is 7.72. The molecule has 0 bridgehead atoms. The summed E-state index contributed by atoms with van der Waals surface area (Å²) >= 11 is 0. The van der Waals surface area contributed by atoms with E-state index in [2.05, 4.69) is 15.7 Å². The van der Waals surface area contributed by atoms with Gasteiger partial charge in [0.15, 0.2) is 0 Å². The van der Waals surface area contributed by atoms with E-state index < -0.39 is 0 Å². The van der Waals surface area contributed by atoms with E-state index >= 15 is 0 Å². The van der Waals surface area contributed by atoms with E-state index in [0.29, 0.717) is 23.4 Å². The molecule has 0 aromatic carbocycles. The van der Waals surface area contributed by atoms with Crippen LogP contribution in [-0.4, -0.2) is 58.7 Å². The maximum absolute atomic E-state index is 12.6. The van der Waals surface area contributed by atoms with Crippen molar-refractivity contribution >= 4 is 24.2 Å². The van der Waals surface area contributed by atoms with Crippen LogP contribution in [0.1, 0.15) is 42.5 Å². The van der Waals surface area contributed by atoms with Crippen molar-refractivity contribution < 1.29 is 9.59 Å². The van der Waals surface area contributed by atoms with E-state index in [1.165, 1.54) is 19.3 Å². The summed E-state index contributed by atoms with van der Waals surface area (Å²) < 4.78 is 1.57. The van der Waals surface area contributed by atoms with Gasteiger partial charge in [-0.15, -0.1) is 12.4 Å². The van der Waals surface area contributed by atoms with Crippen molar-refractivity contribution in [3.63, 3.8) is 0 Å². The van der Waals surface area contributed by atoms with Gasteiger partial charge in [-0.3, -0.25) is 14.3 Å². The van der Waals surface area contributed by atoms with E-state index in [9.17, 15) is 9.59 Å². The van der Waals surface area contributed by atoms with Crippen molar-refractivity contribution in [2.24, 2.45) is 11.8 Å². The van der Waals surface area contributed by atoms with E-state index in [-0.39, 0.29) is 30.8 Å². The predicted octanol–water partition coefficient (Wildman–Crippen LogP) is 1.05. The highest BCUT2D eigenvalue weighted by molar-refractivity contribution is 5.94. The lowest BCUT2D eigenvalue weighted by Crippen LogP contribution is -2.38. The molecule has 2 atom stereocenters. The molecule has 2 saturated heterocycles. The van der Waals surface area contributed by atoms with Crippen LogP contribution < -0.4 is 10.6 Å². The Hall–Kier alpha value is -1.60. The summed E-state index contributed by atoms with van der Waals surface area (Å²) in [6, 6.07) is 0.301. The molecular weight excluding hydrogens is 354 g/mol. The number of hydrogen-bond acceptors (Lipinski definition) is 4. The number of halogens is 1. The number of aromatic nitrogens is 2. The second-order valence-electron chi connectivity index (χ2n) is 7.72. The minimum atomic E-state index is -0.0178. The largest absolute Gasteiger partial charge is 0.352 e. The summed E-state index contributed by atoms with van der Waals surface area (Å²) in [6.07, 6.45) is 9.09. The summed E-state index contributed by atoms with van der Waals surface area (Å²) in [4.78, 5) is 26.8. The van der Waals surface area contributed by atoms with Gasteiger partial charge in [-0.25, -0.2) is 0 Å². The van der Waals surface area contributed by atoms with Crippen molar-refractivity contribution in [2.75, 3.05) is 26.2 Å². The van der Waals surface area contributed by atoms with Gasteiger partial charge >= 0.3 is 0 Å². The summed E-state index contributed by atoms with van der Waals surface area (Å²) in [6.45, 7) is 3.84. The molecule has 3 fully saturated rings. The number of hydrogen-bond donors (Lipinski definition) is 2. The SMILES string of the molecule is Cl.O=C(Cn1cc(C(=O)N2C[C@H]3CNC[C@H]3C2)cn1)NC1CCCCC1. The van der Waals surface area contributed by atoms with Crippen LogP contribution in [0.25, 0.3) is 0 Å². The van der Waals surface area contributed by atoms with Crippen LogP contribution in [0.5, 0.6) is 0 Å². The molecule has 2 N–H and O–H groups in total. The molecule has 1 saturated carbocycles. The lowest BCUT2D eigenvalue weighted by Gasteiger charge is -2.22. The monoisotopic (exact) mass is 381 g/mol. The Morgan fingerprint density at radius 1 is 1.15 bits per heavy atom. The average molecular weight is 382 g/mol. The van der Waals surface area contributed by atoms with Crippen LogP contribution in [0.3, 0.4) is 0 Å². The molecule has 3 aliphatic rings. The molecule has 0 spiro atoms. The Balaban J connectivity index is 0.00000196. The molecule has 4 rings (SSSR count). The van der Waals surface area contributed by atoms with Gasteiger partial charge in [0.25, 0.3) is 5.91 Å². The summed E-state index contributed by atoms with van der Waals surface area (Å²) in [5.41, 5.74) is 0.582. The van der Waals surface area contributed by atoms with Gasteiger partial charge in [0.2, 0.25) is 5.91 Å². The van der Waals surface area contributed by atoms with E-state index in [0.717, 1.165) is 39.0 Å². The number of rotatable bonds is 4. The minimum absolute atomic E-state index is 0. The van der Waals surface area contributed by atoms with Crippen LogP contribution in [-0.2, 0) is 11.3 Å². The summed E-state index contributed by atoms with van der Waals surface area (Å²) in [7, 11) is 0. The third-order valence-electron chi connectivity index (χ3n) is 5.83. The maximum atomic E-state index is 12.6. The molecule has 7 nitrogen and oxygen atoms in total. The topological polar surface area (TPSA) is 79.3 Å². The number of amides is 2. The molecule has 3 heterocycles. The molecule has 2 aliphatic heterocycles. The Bertz CT molecular complexity index is 631. The van der Waals surface area contributed by atoms with Crippen molar-refractivity contribution in [1.82, 2.24) is 25.3 Å². The molecule has 144 valence electrons. The lowest BCUT2D eigenvalue weighted by molar-refractivity contribution is -0.122. The zero-order valence-corrected chi connectivity index (χ0v) is 15.8. The van der Waals surface area contributed by atoms with Gasteiger partial charge in [-0.05, 0) is 24.7 Å². The van der Waals surface area contributed by atoms with Crippen LogP contribution >= 0.6 is 12.4 Å². The Kier molecular flexibility index (Phi) is 6.19. The number of fused-ring (bicyclic) bond motifs is 1. The fourth-order valence-corrected chi connectivity index (χ4v) is 4.43. The summed E-state index contributed by atoms with van der Waals surface area (Å²) in [5.74, 6) is 1.18. The van der Waals surface area contributed by atoms with Crippen molar-refractivity contribution in [2.45, 2.75) is 44.7 Å². The van der Waals surface area contributed by atoms with Crippen molar-refractivity contribution in [3.05, 3.63) is 18.0 Å². The first-order valence-electron chi connectivity index (χ1n) is 9.51. The molecule has 1 aromatic rings. The van der Waals surface area contributed by atoms with Crippen LogP contribution in [0.4, 0.5) is 0 Å². The zero-order valence-electron chi connectivity index (χ0n) is 15.0. The molecule has 0 radical (unpaired) electrons. The van der Waals surface area contributed by atoms with E-state index in [1.807, 2.05) is 4.90 Å². The smallest absolute Gasteiger partial charge is 0.257 e. The van der Waals surface area contributed by atoms with Crippen LogP contribution in [0.15, 0.2) is 12.4 Å². The molecule has 1 aliphatic carbocycles. The molecule has 8 heteroatoms. The third kappa shape index (κ3) is 4.20. The Labute approximate surface area is 160 Å². The van der Waals surface area contributed by atoms with Gasteiger partial charge in [0.1, 0.15) is 6.54 Å². The predicted molar refractivity (Wildman–Crippen MR) is 100 cm³/mol. The number of nitrogens with one attached hydrogen (secondary N) is 2. The Morgan fingerprint density at radius 3 is 2.54 bits per heavy atom. The minimum Gasteiger partial charge on any atom is -0.352 e. The molecule has 0 unspecified atom stereocenters. The van der Waals surface area contributed by atoms with Crippen molar-refractivity contribution in [3.8, 4) is 0 Å². The van der Waals surface area contributed by atoms with Gasteiger partial charge in [0.05, 0.1) is 11.8 Å². The number of carbonyl (C=O) groups excluding carboxylic acids is 2. The van der Waals surface area contributed by atoms with Crippen LogP contribution in [0.2, 0.25) is 0 Å². The molecule has 26 heavy (non-hydrogen) atoms.